The number of nitrogens with one attached hydrogen (secondary N) is 2. The summed E-state index contributed by atoms with van der Waals surface area (Å²) in [5.41, 5.74) is 0.372. The maximum Gasteiger partial charge on any atom is 0.220 e. The highest BCUT2D eigenvalue weighted by Gasteiger charge is 2.34. The summed E-state index contributed by atoms with van der Waals surface area (Å²) in [6.07, 6.45) is 6.48. The first-order valence-electron chi connectivity index (χ1n) is 9.05. The average molecular weight is 336 g/mol. The monoisotopic (exact) mass is 336 g/mol. The van der Waals surface area contributed by atoms with Gasteiger partial charge in [0.05, 0.1) is 6.04 Å². The molecule has 2 saturated heterocycles. The number of carbonyl (C=O) groups excluding carboxylic acids is 1. The number of piperidine rings is 1. The molecule has 1 aromatic rings. The van der Waals surface area contributed by atoms with Crippen LogP contribution in [0.15, 0.2) is 18.2 Å². The Hall–Kier alpha value is -1.49. The molecule has 0 spiro atoms. The van der Waals surface area contributed by atoms with Crippen molar-refractivity contribution >= 4 is 5.91 Å². The fourth-order valence-electron chi connectivity index (χ4n) is 4.24. The van der Waals surface area contributed by atoms with E-state index in [9.17, 15) is 13.6 Å². The van der Waals surface area contributed by atoms with Gasteiger partial charge in [0, 0.05) is 30.1 Å². The standard InChI is InChI=1S/C19H26F2N2O/c1-2-3-18(16-7-4-13(20)11-17(16)21)23-19(24)10-12-8-14-5-6-15(9-12)22-14/h4,7,11-12,14-15,18,22H,2-3,5-6,8-10H2,1H3,(H,23,24). The van der Waals surface area contributed by atoms with E-state index < -0.39 is 11.6 Å². The van der Waals surface area contributed by atoms with Crippen LogP contribution in [0.2, 0.25) is 0 Å². The van der Waals surface area contributed by atoms with E-state index in [1.54, 1.807) is 0 Å². The fraction of sp³-hybridized carbons (Fsp3) is 0.632. The summed E-state index contributed by atoms with van der Waals surface area (Å²) in [6, 6.07) is 4.30. The van der Waals surface area contributed by atoms with Crippen molar-refractivity contribution in [1.29, 1.82) is 0 Å². The van der Waals surface area contributed by atoms with Gasteiger partial charge in [-0.2, -0.15) is 0 Å². The minimum absolute atomic E-state index is 0.0246. The largest absolute Gasteiger partial charge is 0.349 e. The first-order chi connectivity index (χ1) is 11.5. The Balaban J connectivity index is 1.61. The zero-order valence-corrected chi connectivity index (χ0v) is 14.2. The van der Waals surface area contributed by atoms with Gasteiger partial charge in [-0.05, 0) is 44.1 Å². The highest BCUT2D eigenvalue weighted by atomic mass is 19.1. The Morgan fingerprint density at radius 1 is 1.29 bits per heavy atom. The molecular formula is C19H26F2N2O. The second-order valence-electron chi connectivity index (χ2n) is 7.25. The predicted octanol–water partition coefficient (Wildman–Crippen LogP) is 3.84. The van der Waals surface area contributed by atoms with Gasteiger partial charge >= 0.3 is 0 Å². The van der Waals surface area contributed by atoms with E-state index in [1.165, 1.54) is 25.0 Å². The molecule has 0 radical (unpaired) electrons. The molecule has 3 unspecified atom stereocenters. The van der Waals surface area contributed by atoms with Gasteiger partial charge in [0.1, 0.15) is 11.6 Å². The molecule has 0 aliphatic carbocycles. The van der Waals surface area contributed by atoms with Crippen LogP contribution in [-0.4, -0.2) is 18.0 Å². The summed E-state index contributed by atoms with van der Waals surface area (Å²) in [6.45, 7) is 1.99. The third-order valence-corrected chi connectivity index (χ3v) is 5.30. The number of fused-ring (bicyclic) bond motifs is 2. The molecule has 0 saturated carbocycles. The third kappa shape index (κ3) is 4.12. The van der Waals surface area contributed by atoms with Crippen LogP contribution in [0, 0.1) is 17.6 Å². The molecule has 3 nitrogen and oxygen atoms in total. The molecule has 0 aromatic heterocycles. The summed E-state index contributed by atoms with van der Waals surface area (Å²) in [5.74, 6) is -0.802. The normalized spacial score (nSPS) is 27.0. The second kappa shape index (κ2) is 7.60. The topological polar surface area (TPSA) is 41.1 Å². The van der Waals surface area contributed by atoms with E-state index >= 15 is 0 Å². The summed E-state index contributed by atoms with van der Waals surface area (Å²) in [7, 11) is 0. The Morgan fingerprint density at radius 3 is 2.62 bits per heavy atom. The predicted molar refractivity (Wildman–Crippen MR) is 89.4 cm³/mol. The first kappa shape index (κ1) is 17.3. The van der Waals surface area contributed by atoms with Crippen LogP contribution >= 0.6 is 0 Å². The lowest BCUT2D eigenvalue weighted by Gasteiger charge is -2.29. The van der Waals surface area contributed by atoms with Crippen molar-refractivity contribution in [2.45, 2.75) is 70.0 Å². The van der Waals surface area contributed by atoms with E-state index in [0.717, 1.165) is 25.3 Å². The van der Waals surface area contributed by atoms with Gasteiger partial charge in [0.25, 0.3) is 0 Å². The molecule has 2 aliphatic heterocycles. The zero-order chi connectivity index (χ0) is 17.1. The smallest absolute Gasteiger partial charge is 0.220 e. The van der Waals surface area contributed by atoms with Crippen molar-refractivity contribution in [1.82, 2.24) is 10.6 Å². The molecule has 2 bridgehead atoms. The highest BCUT2D eigenvalue weighted by molar-refractivity contribution is 5.76. The van der Waals surface area contributed by atoms with Crippen LogP contribution in [0.3, 0.4) is 0 Å². The lowest BCUT2D eigenvalue weighted by molar-refractivity contribution is -0.123. The molecule has 3 atom stereocenters. The molecule has 1 aromatic carbocycles. The number of halogens is 2. The average Bonchev–Trinajstić information content (AvgIpc) is 2.86. The first-order valence-corrected chi connectivity index (χ1v) is 9.05. The molecule has 132 valence electrons. The van der Waals surface area contributed by atoms with Gasteiger partial charge in [-0.1, -0.05) is 19.4 Å². The molecule has 1 amide bonds. The van der Waals surface area contributed by atoms with Crippen LogP contribution in [-0.2, 0) is 4.79 Å². The van der Waals surface area contributed by atoms with Crippen molar-refractivity contribution in [2.75, 3.05) is 0 Å². The summed E-state index contributed by atoms with van der Waals surface area (Å²) < 4.78 is 27.2. The molecular weight excluding hydrogens is 310 g/mol. The SMILES string of the molecule is CCCC(NC(=O)CC1CC2CCC(C1)N2)c1ccc(F)cc1F. The van der Waals surface area contributed by atoms with Crippen LogP contribution in [0.25, 0.3) is 0 Å². The number of hydrogen-bond acceptors (Lipinski definition) is 2. The van der Waals surface area contributed by atoms with Crippen molar-refractivity contribution in [3.05, 3.63) is 35.4 Å². The number of hydrogen-bond donors (Lipinski definition) is 2. The van der Waals surface area contributed by atoms with Crippen LogP contribution < -0.4 is 10.6 Å². The van der Waals surface area contributed by atoms with Gasteiger partial charge in [-0.25, -0.2) is 8.78 Å². The van der Waals surface area contributed by atoms with Crippen LogP contribution in [0.5, 0.6) is 0 Å². The number of rotatable bonds is 6. The quantitative estimate of drug-likeness (QED) is 0.829. The van der Waals surface area contributed by atoms with Gasteiger partial charge in [0.2, 0.25) is 5.91 Å². The van der Waals surface area contributed by atoms with Crippen molar-refractivity contribution in [2.24, 2.45) is 5.92 Å². The Kier molecular flexibility index (Phi) is 5.49. The highest BCUT2D eigenvalue weighted by Crippen LogP contribution is 2.33. The molecule has 2 heterocycles. The van der Waals surface area contributed by atoms with E-state index in [0.29, 0.717) is 36.4 Å². The van der Waals surface area contributed by atoms with Gasteiger partial charge in [-0.15, -0.1) is 0 Å². The van der Waals surface area contributed by atoms with Gasteiger partial charge in [0.15, 0.2) is 0 Å². The minimum Gasteiger partial charge on any atom is -0.349 e. The molecule has 5 heteroatoms. The van der Waals surface area contributed by atoms with E-state index in [2.05, 4.69) is 10.6 Å². The zero-order valence-electron chi connectivity index (χ0n) is 14.2. The van der Waals surface area contributed by atoms with Gasteiger partial charge < -0.3 is 10.6 Å². The summed E-state index contributed by atoms with van der Waals surface area (Å²) in [5, 5.41) is 6.55. The van der Waals surface area contributed by atoms with Crippen molar-refractivity contribution < 1.29 is 13.6 Å². The molecule has 2 aliphatic rings. The Bertz CT molecular complexity index is 581. The van der Waals surface area contributed by atoms with Crippen molar-refractivity contribution in [3.63, 3.8) is 0 Å². The number of amides is 1. The lowest BCUT2D eigenvalue weighted by Crippen LogP contribution is -2.40. The molecule has 24 heavy (non-hydrogen) atoms. The molecule has 2 N–H and O–H groups in total. The number of benzene rings is 1. The van der Waals surface area contributed by atoms with Gasteiger partial charge in [-0.3, -0.25) is 4.79 Å². The Labute approximate surface area is 142 Å². The maximum atomic E-state index is 14.0. The summed E-state index contributed by atoms with van der Waals surface area (Å²) in [4.78, 5) is 12.5. The minimum atomic E-state index is -0.594. The van der Waals surface area contributed by atoms with E-state index in [-0.39, 0.29) is 11.9 Å². The second-order valence-corrected chi connectivity index (χ2v) is 7.25. The van der Waals surface area contributed by atoms with Crippen molar-refractivity contribution in [3.8, 4) is 0 Å². The van der Waals surface area contributed by atoms with Crippen LogP contribution in [0.4, 0.5) is 8.78 Å². The van der Waals surface area contributed by atoms with E-state index in [1.807, 2.05) is 6.92 Å². The van der Waals surface area contributed by atoms with Crippen LogP contribution in [0.1, 0.15) is 63.5 Å². The maximum absolute atomic E-state index is 14.0. The fourth-order valence-corrected chi connectivity index (χ4v) is 4.24. The third-order valence-electron chi connectivity index (χ3n) is 5.30. The van der Waals surface area contributed by atoms with E-state index in [4.69, 9.17) is 0 Å². The molecule has 3 rings (SSSR count). The Morgan fingerprint density at radius 2 is 2.00 bits per heavy atom. The lowest BCUT2D eigenvalue weighted by atomic mass is 9.89. The number of carbonyl (C=O) groups is 1. The summed E-state index contributed by atoms with van der Waals surface area (Å²) >= 11 is 0. The molecule has 2 fully saturated rings.